The summed E-state index contributed by atoms with van der Waals surface area (Å²) in [7, 11) is 0. The van der Waals surface area contributed by atoms with E-state index in [2.05, 4.69) is 9.98 Å². The molecule has 0 radical (unpaired) electrons. The van der Waals surface area contributed by atoms with Crippen molar-refractivity contribution >= 4 is 110 Å². The number of nitriles is 4. The summed E-state index contributed by atoms with van der Waals surface area (Å²) < 4.78 is 12.9. The normalized spacial score (nSPS) is 10.6. The van der Waals surface area contributed by atoms with Crippen molar-refractivity contribution in [3.63, 3.8) is 0 Å². The summed E-state index contributed by atoms with van der Waals surface area (Å²) in [6.45, 7) is 0.0504. The van der Waals surface area contributed by atoms with Gasteiger partial charge in [-0.1, -0.05) is 60.7 Å². The molecule has 16 heteroatoms. The summed E-state index contributed by atoms with van der Waals surface area (Å²) in [6, 6.07) is 36.0. The minimum Gasteiger partial charge on any atom is -0.457 e. The van der Waals surface area contributed by atoms with Crippen LogP contribution >= 0.6 is 45.3 Å². The number of hydrogen-bond acceptors (Lipinski definition) is 16. The number of benzene rings is 4. The van der Waals surface area contributed by atoms with E-state index in [9.17, 15) is 30.6 Å². The fraction of sp³-hybridized carbons (Fsp3) is 0.0476. The van der Waals surface area contributed by atoms with E-state index in [1.165, 1.54) is 45.3 Å². The minimum absolute atomic E-state index is 0.0252. The molecular formula is C42H20N8O4S4. The molecule has 276 valence electrons. The van der Waals surface area contributed by atoms with Gasteiger partial charge < -0.3 is 9.47 Å². The van der Waals surface area contributed by atoms with Crippen LogP contribution in [0, 0.1) is 45.3 Å². The number of fused-ring (bicyclic) bond motifs is 5. The highest BCUT2D eigenvalue weighted by Gasteiger charge is 2.26. The summed E-state index contributed by atoms with van der Waals surface area (Å²) in [6.07, 6.45) is 0. The Bertz CT molecular complexity index is 2920. The van der Waals surface area contributed by atoms with Crippen LogP contribution in [0.3, 0.4) is 0 Å². The highest BCUT2D eigenvalue weighted by molar-refractivity contribution is 7.28. The lowest BCUT2D eigenvalue weighted by atomic mass is 10.0. The Morgan fingerprint density at radius 1 is 0.552 bits per heavy atom. The molecule has 4 aromatic heterocycles. The van der Waals surface area contributed by atoms with Gasteiger partial charge in [0.1, 0.15) is 57.5 Å². The Morgan fingerprint density at radius 3 is 1.33 bits per heavy atom. The van der Waals surface area contributed by atoms with Gasteiger partial charge in [-0.15, -0.1) is 45.3 Å². The van der Waals surface area contributed by atoms with Gasteiger partial charge in [-0.25, -0.2) is 29.5 Å². The standard InChI is InChI=1S/C42H20N8O4S4/c43-17-25(18-44)47-33-13-11-31(55-33)39-49-35-29(41(51)53-21-23-7-3-1-4-8-23)15-27-28(37(35)57-39)16-30(42(52)54-22-24-9-5-2-6-10-24)36-38(27)58-40(50-36)32-12-14-34(56-32)48-26(19-45)20-46/h1-16H,21-22H2. The van der Waals surface area contributed by atoms with Gasteiger partial charge in [-0.2, -0.15) is 21.0 Å². The zero-order chi connectivity index (χ0) is 40.2. The van der Waals surface area contributed by atoms with Crippen molar-refractivity contribution < 1.29 is 19.1 Å². The van der Waals surface area contributed by atoms with Crippen LogP contribution in [0.4, 0.5) is 10.0 Å². The van der Waals surface area contributed by atoms with Gasteiger partial charge in [-0.3, -0.25) is 0 Å². The van der Waals surface area contributed by atoms with E-state index in [1.54, 1.807) is 60.7 Å². The Labute approximate surface area is 344 Å². The summed E-state index contributed by atoms with van der Waals surface area (Å²) >= 11 is 5.07. The number of carbonyl (C=O) groups excluding carboxylic acids is 2. The minimum atomic E-state index is -0.604. The maximum absolute atomic E-state index is 14.0. The number of nitrogens with zero attached hydrogens (tertiary/aromatic N) is 8. The zero-order valence-electron chi connectivity index (χ0n) is 29.5. The molecule has 12 nitrogen and oxygen atoms in total. The smallest absolute Gasteiger partial charge is 0.340 e. The molecule has 0 aliphatic heterocycles. The Balaban J connectivity index is 1.33. The summed E-state index contributed by atoms with van der Waals surface area (Å²) in [5, 5.41) is 40.2. The molecule has 0 unspecified atom stereocenters. The monoisotopic (exact) mass is 828 g/mol. The van der Waals surface area contributed by atoms with E-state index >= 15 is 0 Å². The molecule has 0 fully saturated rings. The van der Waals surface area contributed by atoms with Crippen molar-refractivity contribution in [1.29, 1.82) is 21.0 Å². The molecule has 0 spiro atoms. The third-order valence-corrected chi connectivity index (χ3v) is 12.9. The number of carbonyl (C=O) groups is 2. The first kappa shape index (κ1) is 37.5. The molecule has 58 heavy (non-hydrogen) atoms. The van der Waals surface area contributed by atoms with Gasteiger partial charge in [-0.05, 0) is 47.5 Å². The molecule has 0 aliphatic carbocycles. The fourth-order valence-electron chi connectivity index (χ4n) is 5.83. The second-order valence-electron chi connectivity index (χ2n) is 12.1. The van der Waals surface area contributed by atoms with E-state index < -0.39 is 11.9 Å². The number of thiophene rings is 2. The van der Waals surface area contributed by atoms with Crippen LogP contribution in [-0.4, -0.2) is 33.3 Å². The molecule has 0 saturated carbocycles. The van der Waals surface area contributed by atoms with Crippen LogP contribution in [0.25, 0.3) is 51.0 Å². The number of thiazole rings is 2. The third-order valence-electron chi connectivity index (χ3n) is 8.46. The molecular weight excluding hydrogens is 809 g/mol. The lowest BCUT2D eigenvalue weighted by Crippen LogP contribution is -2.08. The first-order valence-corrected chi connectivity index (χ1v) is 20.2. The highest BCUT2D eigenvalue weighted by atomic mass is 32.1. The van der Waals surface area contributed by atoms with E-state index in [0.29, 0.717) is 61.0 Å². The van der Waals surface area contributed by atoms with Gasteiger partial charge >= 0.3 is 11.9 Å². The summed E-state index contributed by atoms with van der Waals surface area (Å²) in [5.41, 5.74) is 2.16. The lowest BCUT2D eigenvalue weighted by Gasteiger charge is -2.10. The van der Waals surface area contributed by atoms with Crippen LogP contribution in [0.2, 0.25) is 0 Å². The molecule has 0 bridgehead atoms. The van der Waals surface area contributed by atoms with Crippen molar-refractivity contribution in [2.24, 2.45) is 9.98 Å². The van der Waals surface area contributed by atoms with Gasteiger partial charge in [0.2, 0.25) is 11.4 Å². The van der Waals surface area contributed by atoms with Gasteiger partial charge in [0.25, 0.3) is 0 Å². The van der Waals surface area contributed by atoms with Gasteiger partial charge in [0.15, 0.2) is 0 Å². The predicted octanol–water partition coefficient (Wildman–Crippen LogP) is 10.5. The van der Waals surface area contributed by atoms with Crippen LogP contribution in [-0.2, 0) is 22.7 Å². The maximum atomic E-state index is 14.0. The van der Waals surface area contributed by atoms with Crippen LogP contribution in [0.1, 0.15) is 31.8 Å². The molecule has 4 aromatic carbocycles. The van der Waals surface area contributed by atoms with Crippen molar-refractivity contribution in [3.05, 3.63) is 119 Å². The number of esters is 2. The Hall–Kier alpha value is -7.44. The number of aromatic nitrogens is 2. The molecule has 0 aliphatic rings. The van der Waals surface area contributed by atoms with Crippen molar-refractivity contribution in [2.45, 2.75) is 13.2 Å². The quantitative estimate of drug-likeness (QED) is 0.0944. The average Bonchev–Trinajstić information content (AvgIpc) is 4.10. The second kappa shape index (κ2) is 16.3. The lowest BCUT2D eigenvalue weighted by molar-refractivity contribution is 0.0466. The van der Waals surface area contributed by atoms with E-state index in [-0.39, 0.29) is 35.8 Å². The first-order chi connectivity index (χ1) is 28.3. The SMILES string of the molecule is N#CC(C#N)=Nc1ccc(-c2nc3c(C(=O)OCc4ccccc4)cc4c(cc(C(=O)OCc5ccccc5)c5nc(-c6ccc(N=C(C#N)C#N)s6)sc54)c3s2)s1. The highest BCUT2D eigenvalue weighted by Crippen LogP contribution is 2.46. The van der Waals surface area contributed by atoms with Crippen LogP contribution in [0.15, 0.2) is 107 Å². The maximum Gasteiger partial charge on any atom is 0.340 e. The Morgan fingerprint density at radius 2 is 0.948 bits per heavy atom. The van der Waals surface area contributed by atoms with E-state index in [0.717, 1.165) is 11.1 Å². The Kier molecular flexibility index (Phi) is 10.6. The van der Waals surface area contributed by atoms with Crippen LogP contribution in [0.5, 0.6) is 0 Å². The molecule has 0 N–H and O–H groups in total. The van der Waals surface area contributed by atoms with Crippen molar-refractivity contribution in [2.75, 3.05) is 0 Å². The van der Waals surface area contributed by atoms with Crippen LogP contribution < -0.4 is 0 Å². The zero-order valence-corrected chi connectivity index (χ0v) is 32.8. The van der Waals surface area contributed by atoms with Crippen molar-refractivity contribution in [3.8, 4) is 44.0 Å². The summed E-state index contributed by atoms with van der Waals surface area (Å²) in [5.74, 6) is -1.21. The number of ether oxygens (including phenoxy) is 2. The van der Waals surface area contributed by atoms with E-state index in [1.807, 2.05) is 60.7 Å². The first-order valence-electron chi connectivity index (χ1n) is 17.0. The number of aliphatic imine (C=N–C) groups is 2. The van der Waals surface area contributed by atoms with E-state index in [4.69, 9.17) is 19.4 Å². The molecule has 4 heterocycles. The van der Waals surface area contributed by atoms with Crippen molar-refractivity contribution in [1.82, 2.24) is 9.97 Å². The number of hydrogen-bond donors (Lipinski definition) is 0. The molecule has 0 amide bonds. The predicted molar refractivity (Wildman–Crippen MR) is 225 cm³/mol. The topological polar surface area (TPSA) is 198 Å². The molecule has 0 saturated heterocycles. The largest absolute Gasteiger partial charge is 0.457 e. The molecule has 8 aromatic rings. The fourth-order valence-corrected chi connectivity index (χ4v) is 9.92. The average molecular weight is 829 g/mol. The van der Waals surface area contributed by atoms with Gasteiger partial charge in [0.05, 0.1) is 41.3 Å². The second-order valence-corrected chi connectivity index (χ2v) is 16.2. The van der Waals surface area contributed by atoms with Gasteiger partial charge in [0, 0.05) is 10.8 Å². The third kappa shape index (κ3) is 7.56. The molecule has 0 atom stereocenters. The molecule has 8 rings (SSSR count). The number of rotatable bonds is 10. The summed E-state index contributed by atoms with van der Waals surface area (Å²) in [4.78, 5) is 47.5.